The Kier molecular flexibility index (Phi) is 44.5. The van der Waals surface area contributed by atoms with Crippen LogP contribution >= 0.6 is 0 Å². The smallest absolute Gasteiger partial charge is 0.220 e. The Morgan fingerprint density at radius 1 is 0.389 bits per heavy atom. The molecule has 0 radical (unpaired) electrons. The third kappa shape index (κ3) is 39.6. The number of aliphatic hydroxyl groups excluding tert-OH is 3. The summed E-state index contributed by atoms with van der Waals surface area (Å²) in [6, 6.07) is -0.801. The highest BCUT2D eigenvalue weighted by Crippen LogP contribution is 2.18. The van der Waals surface area contributed by atoms with Crippen molar-refractivity contribution in [2.45, 2.75) is 302 Å². The average Bonchev–Trinajstić information content (AvgIpc) is 3.18. The average molecular weight is 766 g/mol. The Hall–Kier alpha value is -0.650. The first kappa shape index (κ1) is 53.4. The lowest BCUT2D eigenvalue weighted by atomic mass is 9.99. The predicted molar refractivity (Wildman–Crippen MR) is 236 cm³/mol. The molecule has 0 saturated heterocycles. The van der Waals surface area contributed by atoms with Gasteiger partial charge in [0.2, 0.25) is 5.91 Å². The number of unbranched alkanes of at least 4 members (excludes halogenated alkanes) is 38. The number of hydrogen-bond donors (Lipinski definition) is 4. The first-order chi connectivity index (χ1) is 26.6. The van der Waals surface area contributed by atoms with Crippen LogP contribution in [-0.2, 0) is 4.79 Å². The Labute approximate surface area is 338 Å². The van der Waals surface area contributed by atoms with E-state index in [1.165, 1.54) is 218 Å². The van der Waals surface area contributed by atoms with Crippen LogP contribution in [0, 0.1) is 0 Å². The van der Waals surface area contributed by atoms with Crippen LogP contribution < -0.4 is 5.32 Å². The lowest BCUT2D eigenvalue weighted by Crippen LogP contribution is -2.50. The fourth-order valence-corrected chi connectivity index (χ4v) is 8.11. The quantitative estimate of drug-likeness (QED) is 0.0465. The third-order valence-corrected chi connectivity index (χ3v) is 12.0. The molecule has 0 aliphatic heterocycles. The van der Waals surface area contributed by atoms with E-state index in [1.807, 2.05) is 0 Å². The maximum absolute atomic E-state index is 12.4. The second-order valence-corrected chi connectivity index (χ2v) is 17.4. The summed E-state index contributed by atoms with van der Waals surface area (Å²) < 4.78 is 0. The molecule has 4 N–H and O–H groups in total. The van der Waals surface area contributed by atoms with E-state index in [0.29, 0.717) is 12.8 Å². The molecule has 0 aromatic rings. The molecular weight excluding hydrogens is 667 g/mol. The summed E-state index contributed by atoms with van der Waals surface area (Å²) in [5.41, 5.74) is 0. The Balaban J connectivity index is 3.41. The van der Waals surface area contributed by atoms with Crippen molar-refractivity contribution in [1.29, 1.82) is 0 Å². The van der Waals surface area contributed by atoms with Gasteiger partial charge in [-0.25, -0.2) is 0 Å². The predicted octanol–water partition coefficient (Wildman–Crippen LogP) is 14.6. The van der Waals surface area contributed by atoms with Crippen LogP contribution in [0.5, 0.6) is 0 Å². The molecule has 0 saturated carbocycles. The molecule has 5 heteroatoms. The maximum atomic E-state index is 12.4. The summed E-state index contributed by atoms with van der Waals surface area (Å²) in [5, 5.41) is 33.4. The summed E-state index contributed by atoms with van der Waals surface area (Å²) in [5.74, 6) is -0.140. The van der Waals surface area contributed by atoms with Crippen molar-refractivity contribution in [1.82, 2.24) is 5.32 Å². The van der Waals surface area contributed by atoms with Gasteiger partial charge in [-0.15, -0.1) is 0 Å². The highest BCUT2D eigenvalue weighted by molar-refractivity contribution is 5.76. The normalized spacial score (nSPS) is 13.4. The zero-order valence-corrected chi connectivity index (χ0v) is 36.9. The highest BCUT2D eigenvalue weighted by atomic mass is 16.3. The first-order valence-electron chi connectivity index (χ1n) is 24.8. The number of carbonyl (C=O) groups excluding carboxylic acids is 1. The monoisotopic (exact) mass is 766 g/mol. The zero-order chi connectivity index (χ0) is 39.4. The minimum absolute atomic E-state index is 0.140. The lowest BCUT2D eigenvalue weighted by Gasteiger charge is -2.26. The molecule has 0 rings (SSSR count). The van der Waals surface area contributed by atoms with Crippen LogP contribution in [0.15, 0.2) is 0 Å². The molecule has 0 spiro atoms. The topological polar surface area (TPSA) is 89.8 Å². The van der Waals surface area contributed by atoms with Gasteiger partial charge in [-0.2, -0.15) is 0 Å². The molecule has 0 heterocycles. The molecule has 0 aromatic carbocycles. The third-order valence-electron chi connectivity index (χ3n) is 12.0. The van der Waals surface area contributed by atoms with Crippen LogP contribution in [-0.4, -0.2) is 46.1 Å². The van der Waals surface area contributed by atoms with Crippen molar-refractivity contribution >= 4 is 5.91 Å². The fraction of sp³-hybridized carbons (Fsp3) is 0.980. The Morgan fingerprint density at radius 3 is 0.889 bits per heavy atom. The molecule has 0 aliphatic carbocycles. The van der Waals surface area contributed by atoms with Gasteiger partial charge in [0.1, 0.15) is 6.10 Å². The number of aliphatic hydroxyl groups is 3. The zero-order valence-electron chi connectivity index (χ0n) is 36.9. The number of amides is 1. The van der Waals surface area contributed by atoms with Crippen molar-refractivity contribution in [3.63, 3.8) is 0 Å². The van der Waals surface area contributed by atoms with Crippen LogP contribution in [0.25, 0.3) is 0 Å². The lowest BCUT2D eigenvalue weighted by molar-refractivity contribution is -0.124. The van der Waals surface area contributed by atoms with Crippen molar-refractivity contribution in [3.05, 3.63) is 0 Å². The van der Waals surface area contributed by atoms with Crippen molar-refractivity contribution < 1.29 is 20.1 Å². The molecule has 0 aromatic heterocycles. The van der Waals surface area contributed by atoms with E-state index in [0.717, 1.165) is 38.5 Å². The largest absolute Gasteiger partial charge is 0.394 e. The van der Waals surface area contributed by atoms with Crippen LogP contribution in [0.1, 0.15) is 284 Å². The molecule has 0 aliphatic rings. The summed E-state index contributed by atoms with van der Waals surface area (Å²) in [6.07, 6.45) is 52.6. The van der Waals surface area contributed by atoms with Crippen molar-refractivity contribution in [2.24, 2.45) is 0 Å². The number of nitrogens with one attached hydrogen (secondary N) is 1. The second kappa shape index (κ2) is 45.1. The Morgan fingerprint density at radius 2 is 0.630 bits per heavy atom. The first-order valence-corrected chi connectivity index (χ1v) is 24.8. The molecule has 5 nitrogen and oxygen atoms in total. The van der Waals surface area contributed by atoms with Gasteiger partial charge in [0, 0.05) is 6.42 Å². The molecule has 54 heavy (non-hydrogen) atoms. The number of rotatable bonds is 46. The van der Waals surface area contributed by atoms with Gasteiger partial charge in [0.25, 0.3) is 0 Å². The van der Waals surface area contributed by atoms with Crippen LogP contribution in [0.2, 0.25) is 0 Å². The molecule has 1 amide bonds. The van der Waals surface area contributed by atoms with Gasteiger partial charge in [0.15, 0.2) is 0 Å². The molecule has 324 valence electrons. The van der Waals surface area contributed by atoms with E-state index >= 15 is 0 Å². The maximum Gasteiger partial charge on any atom is 0.220 e. The second-order valence-electron chi connectivity index (χ2n) is 17.4. The summed E-state index contributed by atoms with van der Waals surface area (Å²) in [6.45, 7) is 4.18. The van der Waals surface area contributed by atoms with Crippen LogP contribution in [0.3, 0.4) is 0 Å². The van der Waals surface area contributed by atoms with Gasteiger partial charge in [-0.05, 0) is 12.8 Å². The summed E-state index contributed by atoms with van der Waals surface area (Å²) in [4.78, 5) is 12.4. The van der Waals surface area contributed by atoms with Gasteiger partial charge >= 0.3 is 0 Å². The summed E-state index contributed by atoms with van der Waals surface area (Å²) >= 11 is 0. The van der Waals surface area contributed by atoms with Gasteiger partial charge in [-0.1, -0.05) is 264 Å². The minimum Gasteiger partial charge on any atom is -0.394 e. The van der Waals surface area contributed by atoms with E-state index in [4.69, 9.17) is 0 Å². The van der Waals surface area contributed by atoms with Crippen molar-refractivity contribution in [2.75, 3.05) is 6.61 Å². The van der Waals surface area contributed by atoms with Gasteiger partial charge < -0.3 is 20.6 Å². The fourth-order valence-electron chi connectivity index (χ4n) is 8.11. The minimum atomic E-state index is -1.13. The van der Waals surface area contributed by atoms with E-state index in [9.17, 15) is 20.1 Å². The van der Waals surface area contributed by atoms with E-state index in [-0.39, 0.29) is 12.5 Å². The molecule has 3 unspecified atom stereocenters. The van der Waals surface area contributed by atoms with Gasteiger partial charge in [0.05, 0.1) is 18.8 Å². The van der Waals surface area contributed by atoms with E-state index in [2.05, 4.69) is 19.2 Å². The standard InChI is InChI=1S/C49H99NO4/c1-3-5-7-9-11-13-14-15-16-17-18-19-20-21-22-23-24-25-26-27-28-29-30-31-32-33-34-36-38-40-42-44-48(53)50-46(45-51)49(54)47(52)43-41-39-37-35-12-10-8-6-4-2/h46-47,49,51-52,54H,3-45H2,1-2H3,(H,50,53). The van der Waals surface area contributed by atoms with E-state index in [1.54, 1.807) is 0 Å². The molecule has 0 fully saturated rings. The highest BCUT2D eigenvalue weighted by Gasteiger charge is 2.26. The number of hydrogen-bond acceptors (Lipinski definition) is 4. The molecule has 3 atom stereocenters. The molecular formula is C49H99NO4. The van der Waals surface area contributed by atoms with Gasteiger partial charge in [-0.3, -0.25) is 4.79 Å². The van der Waals surface area contributed by atoms with Crippen LogP contribution in [0.4, 0.5) is 0 Å². The Bertz CT molecular complexity index is 718. The summed E-state index contributed by atoms with van der Waals surface area (Å²) in [7, 11) is 0. The van der Waals surface area contributed by atoms with E-state index < -0.39 is 18.2 Å². The molecule has 0 bridgehead atoms. The number of carbonyl (C=O) groups is 1. The van der Waals surface area contributed by atoms with Crippen molar-refractivity contribution in [3.8, 4) is 0 Å². The SMILES string of the molecule is CCCCCCCCCCCCCCCCCCCCCCCCCCCCCCCCCC(=O)NC(CO)C(O)C(O)CCCCCCCCCCC.